The van der Waals surface area contributed by atoms with Crippen LogP contribution in [0.2, 0.25) is 0 Å². The summed E-state index contributed by atoms with van der Waals surface area (Å²) in [6.45, 7) is 2.24. The summed E-state index contributed by atoms with van der Waals surface area (Å²) in [5.74, 6) is -0.302. The molecule has 1 N–H and O–H groups in total. The van der Waals surface area contributed by atoms with Crippen molar-refractivity contribution in [2.75, 3.05) is 13.0 Å². The number of aliphatic hydroxyl groups is 1. The predicted octanol–water partition coefficient (Wildman–Crippen LogP) is 8.31. The van der Waals surface area contributed by atoms with Crippen LogP contribution < -0.4 is 5.43 Å². The molecule has 39 heavy (non-hydrogen) atoms. The molecule has 3 aromatic rings. The Hall–Kier alpha value is -2.28. The van der Waals surface area contributed by atoms with Gasteiger partial charge >= 0.3 is 5.97 Å². The summed E-state index contributed by atoms with van der Waals surface area (Å²) in [5, 5.41) is 12.3. The van der Waals surface area contributed by atoms with Gasteiger partial charge in [-0.3, -0.25) is 4.79 Å². The van der Waals surface area contributed by atoms with E-state index >= 15 is 0 Å². The van der Waals surface area contributed by atoms with Gasteiger partial charge in [-0.15, -0.1) is 11.6 Å². The Morgan fingerprint density at radius 2 is 1.69 bits per heavy atom. The summed E-state index contributed by atoms with van der Waals surface area (Å²) >= 11 is 7.31. The Balaban J connectivity index is 1.79. The Labute approximate surface area is 241 Å². The Morgan fingerprint density at radius 1 is 0.974 bits per heavy atom. The largest absolute Gasteiger partial charge is 0.463 e. The first-order valence-corrected chi connectivity index (χ1v) is 15.4. The van der Waals surface area contributed by atoms with E-state index in [1.54, 1.807) is 12.1 Å². The molecule has 0 saturated carbocycles. The molecule has 0 spiro atoms. The average molecular weight is 573 g/mol. The van der Waals surface area contributed by atoms with Crippen molar-refractivity contribution in [2.24, 2.45) is 0 Å². The zero-order valence-corrected chi connectivity index (χ0v) is 24.8. The molecule has 0 aliphatic heterocycles. The van der Waals surface area contributed by atoms with E-state index in [2.05, 4.69) is 25.1 Å². The second-order valence-corrected chi connectivity index (χ2v) is 11.9. The summed E-state index contributed by atoms with van der Waals surface area (Å²) < 4.78 is 10.4. The lowest BCUT2D eigenvalue weighted by atomic mass is 9.95. The second-order valence-electron chi connectivity index (χ2n) is 10.1. The topological polar surface area (TPSA) is 76.7 Å². The van der Waals surface area contributed by atoms with Crippen LogP contribution in [-0.4, -0.2) is 29.0 Å². The quantitative estimate of drug-likeness (QED) is 0.0576. The molecular weight excluding hydrogens is 532 g/mol. The van der Waals surface area contributed by atoms with E-state index < -0.39 is 10.9 Å². The van der Waals surface area contributed by atoms with Crippen molar-refractivity contribution < 1.29 is 19.1 Å². The summed E-state index contributed by atoms with van der Waals surface area (Å²) in [6.07, 6.45) is 12.5. The van der Waals surface area contributed by atoms with E-state index in [0.717, 1.165) is 42.2 Å². The van der Waals surface area contributed by atoms with Gasteiger partial charge in [0, 0.05) is 23.3 Å². The average Bonchev–Trinajstić information content (AvgIpc) is 2.92. The summed E-state index contributed by atoms with van der Waals surface area (Å²) in [6, 6.07) is 14.8. The third kappa shape index (κ3) is 9.70. The van der Waals surface area contributed by atoms with Crippen molar-refractivity contribution in [3.8, 4) is 0 Å². The minimum Gasteiger partial charge on any atom is -0.463 e. The van der Waals surface area contributed by atoms with Crippen LogP contribution in [0.25, 0.3) is 11.0 Å². The molecule has 5 nitrogen and oxygen atoms in total. The SMILES string of the molecule is CCCCCCCCCc1ccccc1C[C@](O)(CCCCCl)Sc1ccc2c(=O)cc(C(=O)OC)oc2c1. The first-order valence-electron chi connectivity index (χ1n) is 14.1. The van der Waals surface area contributed by atoms with Crippen molar-refractivity contribution in [1.82, 2.24) is 0 Å². The van der Waals surface area contributed by atoms with Gasteiger partial charge in [-0.1, -0.05) is 81.5 Å². The van der Waals surface area contributed by atoms with Gasteiger partial charge in [-0.05, 0) is 61.4 Å². The van der Waals surface area contributed by atoms with Crippen LogP contribution >= 0.6 is 23.4 Å². The maximum Gasteiger partial charge on any atom is 0.374 e. The van der Waals surface area contributed by atoms with Crippen molar-refractivity contribution in [2.45, 2.75) is 93.8 Å². The molecule has 1 heterocycles. The number of aryl methyl sites for hydroxylation is 1. The van der Waals surface area contributed by atoms with Crippen LogP contribution in [0.5, 0.6) is 0 Å². The standard InChI is InChI=1S/C32H41ClO5S/c1-3-4-5-6-7-8-9-14-24-15-10-11-16-25(24)23-32(36,19-12-13-20-33)39-26-17-18-27-28(34)22-30(31(35)37-2)38-29(27)21-26/h10-11,15-18,21-22,36H,3-9,12-14,19-20,23H2,1-2H3/t32-/m0/s1. The lowest BCUT2D eigenvalue weighted by Gasteiger charge is -2.29. The molecule has 0 aliphatic carbocycles. The number of carbonyl (C=O) groups is 1. The Bertz CT molecular complexity index is 1260. The van der Waals surface area contributed by atoms with Gasteiger partial charge in [0.15, 0.2) is 5.43 Å². The molecule has 7 heteroatoms. The van der Waals surface area contributed by atoms with E-state index in [4.69, 9.17) is 20.8 Å². The number of fused-ring (bicyclic) bond motifs is 1. The van der Waals surface area contributed by atoms with Gasteiger partial charge in [0.25, 0.3) is 0 Å². The maximum atomic E-state index is 12.5. The number of thioether (sulfide) groups is 1. The van der Waals surface area contributed by atoms with Crippen LogP contribution in [0.4, 0.5) is 0 Å². The van der Waals surface area contributed by atoms with E-state index in [9.17, 15) is 14.7 Å². The number of esters is 1. The van der Waals surface area contributed by atoms with Crippen LogP contribution in [-0.2, 0) is 17.6 Å². The zero-order chi connectivity index (χ0) is 28.1. The highest BCUT2D eigenvalue weighted by Crippen LogP contribution is 2.39. The molecular formula is C32H41ClO5S. The first kappa shape index (κ1) is 31.3. The molecule has 212 valence electrons. The molecule has 3 rings (SSSR count). The van der Waals surface area contributed by atoms with Crippen LogP contribution in [0.3, 0.4) is 0 Å². The zero-order valence-electron chi connectivity index (χ0n) is 23.2. The third-order valence-electron chi connectivity index (χ3n) is 6.98. The molecule has 0 aliphatic rings. The van der Waals surface area contributed by atoms with Gasteiger partial charge in [0.1, 0.15) is 10.5 Å². The lowest BCUT2D eigenvalue weighted by Crippen LogP contribution is -2.28. The minimum absolute atomic E-state index is 0.145. The minimum atomic E-state index is -1.07. The maximum absolute atomic E-state index is 12.5. The molecule has 0 saturated heterocycles. The molecule has 0 fully saturated rings. The number of rotatable bonds is 17. The fourth-order valence-corrected chi connectivity index (χ4v) is 6.24. The van der Waals surface area contributed by atoms with E-state index in [1.807, 2.05) is 12.1 Å². The van der Waals surface area contributed by atoms with E-state index in [-0.39, 0.29) is 16.8 Å². The third-order valence-corrected chi connectivity index (χ3v) is 8.47. The van der Waals surface area contributed by atoms with Crippen LogP contribution in [0, 0.1) is 0 Å². The number of methoxy groups -OCH3 is 1. The van der Waals surface area contributed by atoms with Gasteiger partial charge in [0.05, 0.1) is 12.5 Å². The van der Waals surface area contributed by atoms with Crippen molar-refractivity contribution in [3.63, 3.8) is 0 Å². The normalized spacial score (nSPS) is 12.9. The second kappa shape index (κ2) is 16.1. The van der Waals surface area contributed by atoms with Crippen LogP contribution in [0.1, 0.15) is 92.8 Å². The molecule has 0 radical (unpaired) electrons. The fourth-order valence-electron chi connectivity index (χ4n) is 4.83. The molecule has 1 aromatic heterocycles. The number of benzene rings is 2. The lowest BCUT2D eigenvalue weighted by molar-refractivity contribution is 0.0565. The molecule has 2 aromatic carbocycles. The van der Waals surface area contributed by atoms with Crippen molar-refractivity contribution in [1.29, 1.82) is 0 Å². The fraction of sp³-hybridized carbons (Fsp3) is 0.500. The predicted molar refractivity (Wildman–Crippen MR) is 161 cm³/mol. The monoisotopic (exact) mass is 572 g/mol. The number of alkyl halides is 1. The van der Waals surface area contributed by atoms with Gasteiger partial charge < -0.3 is 14.3 Å². The molecule has 0 amide bonds. The van der Waals surface area contributed by atoms with Crippen LogP contribution in [0.15, 0.2) is 62.6 Å². The summed E-state index contributed by atoms with van der Waals surface area (Å²) in [4.78, 5) is 24.1. The van der Waals surface area contributed by atoms with Gasteiger partial charge in [-0.25, -0.2) is 4.79 Å². The highest BCUT2D eigenvalue weighted by Gasteiger charge is 2.29. The Kier molecular flexibility index (Phi) is 12.9. The molecule has 0 unspecified atom stereocenters. The molecule has 0 bridgehead atoms. The number of hydrogen-bond donors (Lipinski definition) is 1. The number of hydrogen-bond acceptors (Lipinski definition) is 6. The number of carbonyl (C=O) groups excluding carboxylic acids is 1. The summed E-state index contributed by atoms with van der Waals surface area (Å²) in [7, 11) is 1.24. The highest BCUT2D eigenvalue weighted by atomic mass is 35.5. The Morgan fingerprint density at radius 3 is 2.41 bits per heavy atom. The number of ether oxygens (including phenoxy) is 1. The number of halogens is 1. The number of unbranched alkanes of at least 4 members (excludes halogenated alkanes) is 7. The van der Waals surface area contributed by atoms with Crippen molar-refractivity contribution >= 4 is 40.3 Å². The smallest absolute Gasteiger partial charge is 0.374 e. The van der Waals surface area contributed by atoms with E-state index in [1.165, 1.54) is 63.0 Å². The van der Waals surface area contributed by atoms with Gasteiger partial charge in [-0.2, -0.15) is 0 Å². The first-order chi connectivity index (χ1) is 18.9. The van der Waals surface area contributed by atoms with E-state index in [0.29, 0.717) is 24.1 Å². The molecule has 1 atom stereocenters. The van der Waals surface area contributed by atoms with Gasteiger partial charge in [0.2, 0.25) is 5.76 Å². The van der Waals surface area contributed by atoms with Crippen molar-refractivity contribution in [3.05, 3.63) is 75.6 Å². The highest BCUT2D eigenvalue weighted by molar-refractivity contribution is 8.00. The summed E-state index contributed by atoms with van der Waals surface area (Å²) in [5.41, 5.74) is 2.42.